The van der Waals surface area contributed by atoms with E-state index in [-0.39, 0.29) is 5.82 Å². The Kier molecular flexibility index (Phi) is 4.71. The third-order valence-corrected chi connectivity index (χ3v) is 5.54. The van der Waals surface area contributed by atoms with Crippen molar-refractivity contribution in [3.8, 4) is 0 Å². The van der Waals surface area contributed by atoms with E-state index in [1.54, 1.807) is 34.4 Å². The predicted octanol–water partition coefficient (Wildman–Crippen LogP) is 5.53. The van der Waals surface area contributed by atoms with Gasteiger partial charge in [-0.2, -0.15) is 0 Å². The van der Waals surface area contributed by atoms with E-state index in [9.17, 15) is 9.18 Å². The molecule has 1 unspecified atom stereocenters. The number of nitrogens with zero attached hydrogens (tertiary/aromatic N) is 1. The summed E-state index contributed by atoms with van der Waals surface area (Å²) in [6.07, 6.45) is 0.333. The molecule has 1 aromatic heterocycles. The third kappa shape index (κ3) is 3.49. The molecule has 0 saturated carbocycles. The third-order valence-electron chi connectivity index (χ3n) is 3.83. The Morgan fingerprint density at radius 1 is 1.33 bits per heavy atom. The molecule has 128 valence electrons. The second-order valence-corrected chi connectivity index (χ2v) is 9.29. The molecule has 1 atom stereocenters. The molecule has 0 fully saturated rings. The zero-order chi connectivity index (χ0) is 17.5. The Morgan fingerprint density at radius 2 is 2.04 bits per heavy atom. The zero-order valence-electron chi connectivity index (χ0n) is 13.8. The molecule has 0 spiro atoms. The average Bonchev–Trinajstić information content (AvgIpc) is 2.85. The van der Waals surface area contributed by atoms with Crippen LogP contribution in [0.4, 0.5) is 9.18 Å². The van der Waals surface area contributed by atoms with Gasteiger partial charge in [0, 0.05) is 17.0 Å². The van der Waals surface area contributed by atoms with Crippen molar-refractivity contribution in [2.75, 3.05) is 6.54 Å². The summed E-state index contributed by atoms with van der Waals surface area (Å²) in [7, 11) is 0. The number of fused-ring (bicyclic) bond motifs is 1. The average molecular weight is 412 g/mol. The summed E-state index contributed by atoms with van der Waals surface area (Å²) in [5, 5.41) is 0. The molecule has 0 aliphatic carbocycles. The first kappa shape index (κ1) is 17.4. The Labute approximate surface area is 153 Å². The van der Waals surface area contributed by atoms with Gasteiger partial charge in [0.05, 0.1) is 9.83 Å². The smallest absolute Gasteiger partial charge is 0.411 e. The first-order valence-electron chi connectivity index (χ1n) is 7.78. The highest BCUT2D eigenvalue weighted by atomic mass is 79.9. The summed E-state index contributed by atoms with van der Waals surface area (Å²) in [6.45, 7) is 6.01. The van der Waals surface area contributed by atoms with Gasteiger partial charge in [-0.25, -0.2) is 9.18 Å². The van der Waals surface area contributed by atoms with Crippen LogP contribution in [0.3, 0.4) is 0 Å². The predicted molar refractivity (Wildman–Crippen MR) is 96.9 cm³/mol. The van der Waals surface area contributed by atoms with Crippen molar-refractivity contribution >= 4 is 33.4 Å². The summed E-state index contributed by atoms with van der Waals surface area (Å²) in [4.78, 5) is 15.5. The molecule has 0 bridgehead atoms. The second-order valence-electron chi connectivity index (χ2n) is 6.78. The quantitative estimate of drug-likeness (QED) is 0.616. The van der Waals surface area contributed by atoms with Crippen LogP contribution in [0.25, 0.3) is 0 Å². The molecule has 3 nitrogen and oxygen atoms in total. The summed E-state index contributed by atoms with van der Waals surface area (Å²) in [5.41, 5.74) is 0.871. The lowest BCUT2D eigenvalue weighted by Crippen LogP contribution is -2.43. The van der Waals surface area contributed by atoms with Gasteiger partial charge in [0.2, 0.25) is 0 Å². The number of hydrogen-bond donors (Lipinski definition) is 0. The van der Waals surface area contributed by atoms with Gasteiger partial charge in [-0.1, -0.05) is 18.2 Å². The van der Waals surface area contributed by atoms with Gasteiger partial charge < -0.3 is 4.74 Å². The summed E-state index contributed by atoms with van der Waals surface area (Å²) in [5.74, 6) is -0.314. The molecule has 0 saturated heterocycles. The highest BCUT2D eigenvalue weighted by Crippen LogP contribution is 2.42. The summed E-state index contributed by atoms with van der Waals surface area (Å²) < 4.78 is 21.0. The van der Waals surface area contributed by atoms with Crippen LogP contribution in [0.15, 0.2) is 34.1 Å². The number of halogens is 2. The number of carbonyl (C=O) groups excluding carboxylic acids is 1. The van der Waals surface area contributed by atoms with Crippen LogP contribution in [0.1, 0.15) is 42.8 Å². The van der Waals surface area contributed by atoms with Crippen molar-refractivity contribution in [1.29, 1.82) is 0 Å². The van der Waals surface area contributed by atoms with Crippen molar-refractivity contribution in [2.24, 2.45) is 0 Å². The Hall–Kier alpha value is -1.40. The van der Waals surface area contributed by atoms with Crippen molar-refractivity contribution in [2.45, 2.75) is 38.8 Å². The molecule has 24 heavy (non-hydrogen) atoms. The summed E-state index contributed by atoms with van der Waals surface area (Å²) in [6, 6.07) is 8.13. The molecule has 0 radical (unpaired) electrons. The lowest BCUT2D eigenvalue weighted by atomic mass is 9.93. The highest BCUT2D eigenvalue weighted by molar-refractivity contribution is 9.11. The van der Waals surface area contributed by atoms with Crippen LogP contribution >= 0.6 is 27.3 Å². The molecule has 1 amide bonds. The van der Waals surface area contributed by atoms with Crippen LogP contribution in [-0.4, -0.2) is 23.1 Å². The fourth-order valence-electron chi connectivity index (χ4n) is 2.90. The van der Waals surface area contributed by atoms with E-state index in [1.807, 2.05) is 26.8 Å². The van der Waals surface area contributed by atoms with Crippen LogP contribution in [0.5, 0.6) is 0 Å². The summed E-state index contributed by atoms with van der Waals surface area (Å²) >= 11 is 5.14. The van der Waals surface area contributed by atoms with Crippen LogP contribution in [-0.2, 0) is 11.2 Å². The fraction of sp³-hybridized carbons (Fsp3) is 0.389. The lowest BCUT2D eigenvalue weighted by Gasteiger charge is -2.37. The van der Waals surface area contributed by atoms with Gasteiger partial charge in [-0.3, -0.25) is 4.90 Å². The van der Waals surface area contributed by atoms with Gasteiger partial charge in [0.15, 0.2) is 0 Å². The van der Waals surface area contributed by atoms with E-state index < -0.39 is 17.7 Å². The van der Waals surface area contributed by atoms with Gasteiger partial charge in [0.1, 0.15) is 11.4 Å². The fourth-order valence-corrected chi connectivity index (χ4v) is 4.64. The van der Waals surface area contributed by atoms with Gasteiger partial charge in [0.25, 0.3) is 0 Å². The molecule has 0 N–H and O–H groups in total. The van der Waals surface area contributed by atoms with Crippen molar-refractivity contribution < 1.29 is 13.9 Å². The first-order chi connectivity index (χ1) is 11.3. The number of thiophene rings is 1. The van der Waals surface area contributed by atoms with E-state index in [2.05, 4.69) is 15.9 Å². The Bertz CT molecular complexity index is 769. The molecule has 2 heterocycles. The van der Waals surface area contributed by atoms with Crippen molar-refractivity contribution in [3.63, 3.8) is 0 Å². The lowest BCUT2D eigenvalue weighted by molar-refractivity contribution is 0.0177. The standard InChI is InChI=1S/C18H19BrFNO2S/c1-18(2,3)23-17(22)21-9-8-14-12(10-15(19)24-14)16(21)11-6-4-5-7-13(11)20/h4-7,10,16H,8-9H2,1-3H3. The molecule has 1 aliphatic heterocycles. The number of amides is 1. The molecule has 6 heteroatoms. The first-order valence-corrected chi connectivity index (χ1v) is 9.39. The number of carbonyl (C=O) groups is 1. The minimum atomic E-state index is -0.591. The van der Waals surface area contributed by atoms with E-state index in [0.717, 1.165) is 15.8 Å². The maximum atomic E-state index is 14.5. The zero-order valence-corrected chi connectivity index (χ0v) is 16.2. The van der Waals surface area contributed by atoms with Crippen LogP contribution < -0.4 is 0 Å². The van der Waals surface area contributed by atoms with Gasteiger partial charge in [-0.05, 0) is 60.8 Å². The van der Waals surface area contributed by atoms with Crippen molar-refractivity contribution in [3.05, 3.63) is 55.9 Å². The van der Waals surface area contributed by atoms with E-state index in [4.69, 9.17) is 4.74 Å². The highest BCUT2D eigenvalue weighted by Gasteiger charge is 2.37. The normalized spacial score (nSPS) is 17.5. The largest absolute Gasteiger partial charge is 0.444 e. The second kappa shape index (κ2) is 6.48. The minimum Gasteiger partial charge on any atom is -0.444 e. The SMILES string of the molecule is CC(C)(C)OC(=O)N1CCc2sc(Br)cc2C1c1ccccc1F. The molecule has 1 aliphatic rings. The molecular weight excluding hydrogens is 393 g/mol. The maximum Gasteiger partial charge on any atom is 0.411 e. The van der Waals surface area contributed by atoms with Gasteiger partial charge in [-0.15, -0.1) is 11.3 Å². The van der Waals surface area contributed by atoms with E-state index >= 15 is 0 Å². The molecular formula is C18H19BrFNO2S. The molecule has 3 rings (SSSR count). The maximum absolute atomic E-state index is 14.5. The van der Waals surface area contributed by atoms with Crippen LogP contribution in [0.2, 0.25) is 0 Å². The molecule has 2 aromatic rings. The number of ether oxygens (including phenoxy) is 1. The van der Waals surface area contributed by atoms with Crippen LogP contribution in [0, 0.1) is 5.82 Å². The van der Waals surface area contributed by atoms with Crippen molar-refractivity contribution in [1.82, 2.24) is 4.90 Å². The van der Waals surface area contributed by atoms with Gasteiger partial charge >= 0.3 is 6.09 Å². The minimum absolute atomic E-state index is 0.314. The van der Waals surface area contributed by atoms with E-state index in [1.165, 1.54) is 10.9 Å². The molecule has 1 aromatic carbocycles. The Balaban J connectivity index is 2.06. The number of benzene rings is 1. The number of hydrogen-bond acceptors (Lipinski definition) is 3. The topological polar surface area (TPSA) is 29.5 Å². The monoisotopic (exact) mass is 411 g/mol. The van der Waals surface area contributed by atoms with E-state index in [0.29, 0.717) is 12.1 Å². The Morgan fingerprint density at radius 3 is 2.71 bits per heavy atom. The number of rotatable bonds is 1.